The molecule has 15 heavy (non-hydrogen) atoms. The number of benzene rings is 1. The maximum atomic E-state index is 3.98. The van der Waals surface area contributed by atoms with E-state index in [9.17, 15) is 0 Å². The Labute approximate surface area is 88.0 Å². The molecule has 0 unspecified atom stereocenters. The third-order valence-electron chi connectivity index (χ3n) is 2.59. The summed E-state index contributed by atoms with van der Waals surface area (Å²) in [6, 6.07) is 10.3. The Hall–Kier alpha value is -2.03. The minimum absolute atomic E-state index is 0.888. The fraction of sp³-hybridized carbons (Fsp3) is 0.0833. The molecule has 0 aliphatic carbocycles. The molecule has 1 aromatic heterocycles. The van der Waals surface area contributed by atoms with Crippen LogP contribution >= 0.6 is 0 Å². The lowest BCUT2D eigenvalue weighted by Gasteiger charge is -2.26. The average molecular weight is 197 g/mol. The number of H-pyrrole nitrogens is 1. The molecule has 0 saturated carbocycles. The van der Waals surface area contributed by atoms with Gasteiger partial charge in [-0.25, -0.2) is 0 Å². The summed E-state index contributed by atoms with van der Waals surface area (Å²) in [7, 11) is 0. The highest BCUT2D eigenvalue weighted by Crippen LogP contribution is 2.30. The van der Waals surface area contributed by atoms with E-state index in [0.29, 0.717) is 0 Å². The number of nitrogens with one attached hydrogen (secondary N) is 1. The highest BCUT2D eigenvalue weighted by molar-refractivity contribution is 5.76. The van der Waals surface area contributed by atoms with E-state index in [0.717, 1.165) is 12.4 Å². The lowest BCUT2D eigenvalue weighted by Crippen LogP contribution is -2.20. The fourth-order valence-corrected chi connectivity index (χ4v) is 1.88. The SMILES string of the molecule is C1=Cc2ccccc2N(c2ccn[nH]2)C1. The molecule has 1 N–H and O–H groups in total. The van der Waals surface area contributed by atoms with Crippen molar-refractivity contribution in [2.75, 3.05) is 11.4 Å². The third kappa shape index (κ3) is 1.32. The molecule has 0 saturated heterocycles. The number of fused-ring (bicyclic) bond motifs is 1. The summed E-state index contributed by atoms with van der Waals surface area (Å²) in [5.74, 6) is 1.03. The molecule has 0 amide bonds. The lowest BCUT2D eigenvalue weighted by molar-refractivity contribution is 0.997. The largest absolute Gasteiger partial charge is 0.322 e. The van der Waals surface area contributed by atoms with Crippen LogP contribution in [0.5, 0.6) is 0 Å². The fourth-order valence-electron chi connectivity index (χ4n) is 1.88. The van der Waals surface area contributed by atoms with Gasteiger partial charge in [0.25, 0.3) is 0 Å². The maximum Gasteiger partial charge on any atom is 0.128 e. The van der Waals surface area contributed by atoms with E-state index >= 15 is 0 Å². The van der Waals surface area contributed by atoms with Crippen LogP contribution in [0, 0.1) is 0 Å². The summed E-state index contributed by atoms with van der Waals surface area (Å²) in [6.45, 7) is 0.888. The van der Waals surface area contributed by atoms with E-state index in [1.54, 1.807) is 6.20 Å². The number of hydrogen-bond acceptors (Lipinski definition) is 2. The number of rotatable bonds is 1. The number of aromatic nitrogens is 2. The van der Waals surface area contributed by atoms with Gasteiger partial charge in [0.05, 0.1) is 6.20 Å². The monoisotopic (exact) mass is 197 g/mol. The molecule has 0 atom stereocenters. The zero-order chi connectivity index (χ0) is 10.1. The van der Waals surface area contributed by atoms with Gasteiger partial charge in [0.15, 0.2) is 0 Å². The van der Waals surface area contributed by atoms with Crippen LogP contribution in [0.1, 0.15) is 5.56 Å². The van der Waals surface area contributed by atoms with E-state index in [1.165, 1.54) is 11.3 Å². The standard InChI is InChI=1S/C12H11N3/c1-2-6-11-10(4-1)5-3-9-15(11)12-7-8-13-14-12/h1-8H,9H2,(H,13,14). The molecule has 2 aromatic rings. The molecular weight excluding hydrogens is 186 g/mol. The Balaban J connectivity index is 2.10. The molecule has 74 valence electrons. The van der Waals surface area contributed by atoms with Gasteiger partial charge in [-0.2, -0.15) is 5.10 Å². The molecular formula is C12H11N3. The third-order valence-corrected chi connectivity index (χ3v) is 2.59. The topological polar surface area (TPSA) is 31.9 Å². The first-order valence-corrected chi connectivity index (χ1v) is 4.97. The summed E-state index contributed by atoms with van der Waals surface area (Å²) in [6.07, 6.45) is 6.08. The number of hydrogen-bond donors (Lipinski definition) is 1. The van der Waals surface area contributed by atoms with Crippen molar-refractivity contribution in [3.05, 3.63) is 48.2 Å². The van der Waals surface area contributed by atoms with E-state index in [4.69, 9.17) is 0 Å². The molecule has 3 rings (SSSR count). The van der Waals surface area contributed by atoms with Crippen LogP contribution in [0.25, 0.3) is 6.08 Å². The van der Waals surface area contributed by atoms with E-state index < -0.39 is 0 Å². The summed E-state index contributed by atoms with van der Waals surface area (Å²) < 4.78 is 0. The normalized spacial score (nSPS) is 14.0. The second-order valence-corrected chi connectivity index (χ2v) is 3.51. The van der Waals surface area contributed by atoms with Crippen LogP contribution in [0.4, 0.5) is 11.5 Å². The van der Waals surface area contributed by atoms with Gasteiger partial charge in [0, 0.05) is 18.3 Å². The first-order chi connectivity index (χ1) is 7.45. The zero-order valence-corrected chi connectivity index (χ0v) is 8.22. The van der Waals surface area contributed by atoms with Gasteiger partial charge >= 0.3 is 0 Å². The van der Waals surface area contributed by atoms with Crippen molar-refractivity contribution in [1.82, 2.24) is 10.2 Å². The molecule has 1 aromatic carbocycles. The Kier molecular flexibility index (Phi) is 1.81. The predicted molar refractivity (Wildman–Crippen MR) is 61.1 cm³/mol. The van der Waals surface area contributed by atoms with Crippen LogP contribution in [0.2, 0.25) is 0 Å². The smallest absolute Gasteiger partial charge is 0.128 e. The van der Waals surface area contributed by atoms with Gasteiger partial charge < -0.3 is 4.90 Å². The van der Waals surface area contributed by atoms with Crippen LogP contribution in [-0.2, 0) is 0 Å². The van der Waals surface area contributed by atoms with E-state index in [2.05, 4.69) is 51.5 Å². The Bertz CT molecular complexity index is 485. The first kappa shape index (κ1) is 8.29. The highest BCUT2D eigenvalue weighted by Gasteiger charge is 2.14. The van der Waals surface area contributed by atoms with Crippen molar-refractivity contribution in [3.8, 4) is 0 Å². The number of anilines is 2. The van der Waals surface area contributed by atoms with Crippen molar-refractivity contribution in [2.45, 2.75) is 0 Å². The molecule has 1 aliphatic rings. The average Bonchev–Trinajstić information content (AvgIpc) is 2.82. The van der Waals surface area contributed by atoms with Crippen molar-refractivity contribution in [3.63, 3.8) is 0 Å². The maximum absolute atomic E-state index is 3.98. The Morgan fingerprint density at radius 2 is 2.13 bits per heavy atom. The minimum atomic E-state index is 0.888. The van der Waals surface area contributed by atoms with Crippen molar-refractivity contribution < 1.29 is 0 Å². The highest BCUT2D eigenvalue weighted by atomic mass is 15.3. The Morgan fingerprint density at radius 3 is 3.00 bits per heavy atom. The first-order valence-electron chi connectivity index (χ1n) is 4.97. The van der Waals surface area contributed by atoms with Crippen LogP contribution in [0.3, 0.4) is 0 Å². The molecule has 2 heterocycles. The van der Waals surface area contributed by atoms with E-state index in [1.807, 2.05) is 6.07 Å². The quantitative estimate of drug-likeness (QED) is 0.762. The van der Waals surface area contributed by atoms with Gasteiger partial charge in [-0.15, -0.1) is 0 Å². The van der Waals surface area contributed by atoms with Gasteiger partial charge in [-0.05, 0) is 11.6 Å². The van der Waals surface area contributed by atoms with Crippen molar-refractivity contribution >= 4 is 17.6 Å². The molecule has 0 spiro atoms. The molecule has 3 nitrogen and oxygen atoms in total. The summed E-state index contributed by atoms with van der Waals surface area (Å²) in [4.78, 5) is 2.21. The van der Waals surface area contributed by atoms with Crippen LogP contribution in [0.15, 0.2) is 42.6 Å². The zero-order valence-electron chi connectivity index (χ0n) is 8.22. The second kappa shape index (κ2) is 3.28. The van der Waals surface area contributed by atoms with Gasteiger partial charge in [0.1, 0.15) is 5.82 Å². The Morgan fingerprint density at radius 1 is 1.20 bits per heavy atom. The second-order valence-electron chi connectivity index (χ2n) is 3.51. The summed E-state index contributed by atoms with van der Waals surface area (Å²) >= 11 is 0. The van der Waals surface area contributed by atoms with Gasteiger partial charge in [-0.3, -0.25) is 5.10 Å². The van der Waals surface area contributed by atoms with Crippen molar-refractivity contribution in [1.29, 1.82) is 0 Å². The minimum Gasteiger partial charge on any atom is -0.322 e. The molecule has 0 bridgehead atoms. The summed E-state index contributed by atoms with van der Waals surface area (Å²) in [5.41, 5.74) is 2.47. The van der Waals surface area contributed by atoms with E-state index in [-0.39, 0.29) is 0 Å². The summed E-state index contributed by atoms with van der Waals surface area (Å²) in [5, 5.41) is 6.97. The number of nitrogens with zero attached hydrogens (tertiary/aromatic N) is 2. The molecule has 1 aliphatic heterocycles. The van der Waals surface area contributed by atoms with Gasteiger partial charge in [-0.1, -0.05) is 30.4 Å². The van der Waals surface area contributed by atoms with Gasteiger partial charge in [0.2, 0.25) is 0 Å². The number of aromatic amines is 1. The molecule has 0 radical (unpaired) electrons. The molecule has 0 fully saturated rings. The lowest BCUT2D eigenvalue weighted by atomic mass is 10.1. The number of para-hydroxylation sites is 1. The van der Waals surface area contributed by atoms with Crippen LogP contribution < -0.4 is 4.90 Å². The van der Waals surface area contributed by atoms with Crippen LogP contribution in [-0.4, -0.2) is 16.7 Å². The predicted octanol–water partition coefficient (Wildman–Crippen LogP) is 2.57. The van der Waals surface area contributed by atoms with Crippen molar-refractivity contribution in [2.24, 2.45) is 0 Å². The molecule has 3 heteroatoms.